The Hall–Kier alpha value is -0.650. The molecule has 0 saturated carbocycles. The van der Waals surface area contributed by atoms with Gasteiger partial charge in [0.05, 0.1) is 0 Å². The van der Waals surface area contributed by atoms with E-state index in [1.807, 2.05) is 24.9 Å². The Morgan fingerprint density at radius 1 is 1.36 bits per heavy atom. The molecule has 0 aromatic heterocycles. The molecule has 0 amide bonds. The van der Waals surface area contributed by atoms with Crippen LogP contribution >= 0.6 is 7.77 Å². The summed E-state index contributed by atoms with van der Waals surface area (Å²) in [5, 5.41) is 0. The van der Waals surface area contributed by atoms with E-state index in [9.17, 15) is 0 Å². The number of benzene rings is 1. The molecule has 0 radical (unpaired) electrons. The van der Waals surface area contributed by atoms with Crippen LogP contribution < -0.4 is 0 Å². The zero-order valence-electron chi connectivity index (χ0n) is 6.66. The van der Waals surface area contributed by atoms with Crippen LogP contribution in [0, 0.1) is 0 Å². The minimum absolute atomic E-state index is 0.474. The second-order valence-electron chi connectivity index (χ2n) is 2.39. The lowest BCUT2D eigenvalue weighted by atomic mass is 10.2. The summed E-state index contributed by atoms with van der Waals surface area (Å²) in [5.41, 5.74) is 1.21. The van der Waals surface area contributed by atoms with Crippen LogP contribution in [0.2, 0.25) is 0 Å². The highest BCUT2D eigenvalue weighted by molar-refractivity contribution is 7.49. The molecule has 0 aliphatic carbocycles. The van der Waals surface area contributed by atoms with E-state index in [1.165, 1.54) is 5.56 Å². The third-order valence-electron chi connectivity index (χ3n) is 1.29. The average Bonchev–Trinajstić information content (AvgIpc) is 2.03. The van der Waals surface area contributed by atoms with Gasteiger partial charge in [-0.2, -0.15) is 4.52 Å². The Labute approximate surface area is 68.5 Å². The third kappa shape index (κ3) is 3.31. The predicted octanol–water partition coefficient (Wildman–Crippen LogP) is 2.66. The van der Waals surface area contributed by atoms with Crippen LogP contribution in [0.3, 0.4) is 0 Å². The number of rotatable bonds is 3. The molecule has 1 atom stereocenters. The maximum Gasteiger partial charge on any atom is 0.244 e. The van der Waals surface area contributed by atoms with Gasteiger partial charge < -0.3 is 0 Å². The number of hydrogen-bond donors (Lipinski definition) is 0. The minimum Gasteiger partial charge on any atom is -0.175 e. The number of hydrogen-bond acceptors (Lipinski definition) is 1. The fourth-order valence-electron chi connectivity index (χ4n) is 0.759. The highest BCUT2D eigenvalue weighted by Gasteiger charge is 1.97. The van der Waals surface area contributed by atoms with Crippen molar-refractivity contribution in [2.75, 3.05) is 6.66 Å². The Morgan fingerprint density at radius 2 is 2.00 bits per heavy atom. The molecule has 0 spiro atoms. The van der Waals surface area contributed by atoms with Crippen molar-refractivity contribution < 1.29 is 4.52 Å². The summed E-state index contributed by atoms with van der Waals surface area (Å²) in [7, 11) is -0.474. The zero-order chi connectivity index (χ0) is 8.10. The van der Waals surface area contributed by atoms with Gasteiger partial charge in [0, 0.05) is 0 Å². The molecule has 1 unspecified atom stereocenters. The van der Waals surface area contributed by atoms with Gasteiger partial charge in [-0.1, -0.05) is 30.3 Å². The van der Waals surface area contributed by atoms with Crippen LogP contribution in [0.5, 0.6) is 0 Å². The van der Waals surface area contributed by atoms with Gasteiger partial charge in [0.2, 0.25) is 7.77 Å². The maximum atomic E-state index is 5.38. The van der Waals surface area contributed by atoms with Crippen molar-refractivity contribution in [2.24, 2.45) is 0 Å². The smallest absolute Gasteiger partial charge is 0.175 e. The summed E-state index contributed by atoms with van der Waals surface area (Å²) in [6.45, 7) is 2.69. The van der Waals surface area contributed by atoms with E-state index < -0.39 is 7.77 Å². The lowest BCUT2D eigenvalue weighted by Crippen LogP contribution is -1.83. The molecule has 0 fully saturated rings. The zero-order valence-corrected chi connectivity index (χ0v) is 7.55. The van der Waals surface area contributed by atoms with E-state index in [0.717, 1.165) is 0 Å². The molecule has 1 aromatic carbocycles. The van der Waals surface area contributed by atoms with Crippen LogP contribution in [-0.4, -0.2) is 13.0 Å². The first-order chi connectivity index (χ1) is 5.29. The molecule has 58 valence electrons. The van der Waals surface area contributed by atoms with Crippen LogP contribution in [0.25, 0.3) is 0 Å². The Balaban J connectivity index is 2.45. The van der Waals surface area contributed by atoms with Crippen molar-refractivity contribution in [3.8, 4) is 0 Å². The molecular formula is C9H12OP+. The standard InChI is InChI=1S/C9H12OP/c1-11(2)10-8-9-6-4-3-5-7-9/h3-7H,1,8H2,2H3/q+1. The Kier molecular flexibility index (Phi) is 3.28. The van der Waals surface area contributed by atoms with Crippen molar-refractivity contribution in [1.29, 1.82) is 0 Å². The Bertz CT molecular complexity index is 231. The lowest BCUT2D eigenvalue weighted by Gasteiger charge is -1.93. The van der Waals surface area contributed by atoms with Crippen LogP contribution in [0.1, 0.15) is 5.56 Å². The molecule has 0 saturated heterocycles. The van der Waals surface area contributed by atoms with Crippen LogP contribution in [-0.2, 0) is 11.1 Å². The quantitative estimate of drug-likeness (QED) is 0.629. The molecule has 0 aliphatic rings. The topological polar surface area (TPSA) is 9.23 Å². The van der Waals surface area contributed by atoms with Gasteiger partial charge in [0.1, 0.15) is 19.6 Å². The van der Waals surface area contributed by atoms with Gasteiger partial charge in [-0.05, 0) is 5.56 Å². The second-order valence-corrected chi connectivity index (χ2v) is 3.90. The average molecular weight is 167 g/mol. The third-order valence-corrected chi connectivity index (χ3v) is 1.86. The molecule has 1 nitrogen and oxygen atoms in total. The minimum atomic E-state index is -0.474. The molecule has 2 heteroatoms. The van der Waals surface area contributed by atoms with E-state index in [-0.39, 0.29) is 0 Å². The van der Waals surface area contributed by atoms with Gasteiger partial charge in [-0.3, -0.25) is 0 Å². The highest BCUT2D eigenvalue weighted by Crippen LogP contribution is 2.17. The summed E-state index contributed by atoms with van der Waals surface area (Å²) in [4.78, 5) is 0. The lowest BCUT2D eigenvalue weighted by molar-refractivity contribution is 0.352. The van der Waals surface area contributed by atoms with Crippen molar-refractivity contribution in [1.82, 2.24) is 0 Å². The molecule has 1 aromatic rings. The summed E-state index contributed by atoms with van der Waals surface area (Å²) >= 11 is 0. The van der Waals surface area contributed by atoms with Crippen molar-refractivity contribution in [3.63, 3.8) is 0 Å². The summed E-state index contributed by atoms with van der Waals surface area (Å²) in [6.07, 6.45) is 3.80. The van der Waals surface area contributed by atoms with Gasteiger partial charge in [-0.15, -0.1) is 0 Å². The first kappa shape index (κ1) is 8.45. The summed E-state index contributed by atoms with van der Waals surface area (Å²) in [5.74, 6) is 0. The molecule has 0 N–H and O–H groups in total. The largest absolute Gasteiger partial charge is 0.244 e. The molecule has 0 aliphatic heterocycles. The maximum absolute atomic E-state index is 5.38. The van der Waals surface area contributed by atoms with Crippen molar-refractivity contribution >= 4 is 14.1 Å². The summed E-state index contributed by atoms with van der Waals surface area (Å²) in [6, 6.07) is 10.1. The fourth-order valence-corrected chi connectivity index (χ4v) is 1.13. The van der Waals surface area contributed by atoms with Gasteiger partial charge in [0.25, 0.3) is 0 Å². The van der Waals surface area contributed by atoms with Crippen LogP contribution in [0.15, 0.2) is 30.3 Å². The molecule has 1 rings (SSSR count). The summed E-state index contributed by atoms with van der Waals surface area (Å²) < 4.78 is 5.38. The SMILES string of the molecule is C=[P+](C)OCc1ccccc1. The predicted molar refractivity (Wildman–Crippen MR) is 51.2 cm³/mol. The monoisotopic (exact) mass is 167 g/mol. The van der Waals surface area contributed by atoms with E-state index in [4.69, 9.17) is 4.52 Å². The van der Waals surface area contributed by atoms with Gasteiger partial charge in [-0.25, -0.2) is 0 Å². The molecular weight excluding hydrogens is 155 g/mol. The molecule has 0 heterocycles. The molecule has 11 heavy (non-hydrogen) atoms. The van der Waals surface area contributed by atoms with E-state index in [2.05, 4.69) is 18.4 Å². The molecule has 0 bridgehead atoms. The van der Waals surface area contributed by atoms with Gasteiger partial charge in [0.15, 0.2) is 0 Å². The van der Waals surface area contributed by atoms with E-state index >= 15 is 0 Å². The Morgan fingerprint density at radius 3 is 2.55 bits per heavy atom. The van der Waals surface area contributed by atoms with Gasteiger partial charge >= 0.3 is 0 Å². The first-order valence-corrected chi connectivity index (χ1v) is 5.39. The highest BCUT2D eigenvalue weighted by atomic mass is 31.1. The second kappa shape index (κ2) is 4.27. The van der Waals surface area contributed by atoms with Crippen LogP contribution in [0.4, 0.5) is 0 Å². The normalized spacial score (nSPS) is 11.2. The van der Waals surface area contributed by atoms with Crippen molar-refractivity contribution in [3.05, 3.63) is 35.9 Å². The van der Waals surface area contributed by atoms with E-state index in [0.29, 0.717) is 6.61 Å². The van der Waals surface area contributed by atoms with Crippen molar-refractivity contribution in [2.45, 2.75) is 6.61 Å². The first-order valence-electron chi connectivity index (χ1n) is 3.50. The fraction of sp³-hybridized carbons (Fsp3) is 0.222. The van der Waals surface area contributed by atoms with E-state index in [1.54, 1.807) is 0 Å².